The van der Waals surface area contributed by atoms with E-state index in [9.17, 15) is 22.0 Å². The Morgan fingerprint density at radius 3 is 1.44 bits per heavy atom. The third-order valence-corrected chi connectivity index (χ3v) is 0.894. The van der Waals surface area contributed by atoms with E-state index in [0.29, 0.717) is 6.92 Å². The van der Waals surface area contributed by atoms with E-state index in [1.165, 1.54) is 0 Å². The lowest BCUT2D eigenvalue weighted by Crippen LogP contribution is -2.26. The van der Waals surface area contributed by atoms with Crippen LogP contribution in [0.15, 0.2) is 0 Å². The number of halogens is 5. The fourth-order valence-electron chi connectivity index (χ4n) is 0.143. The molecule has 0 aromatic carbocycles. The van der Waals surface area contributed by atoms with E-state index in [1.54, 1.807) is 0 Å². The lowest BCUT2D eigenvalue weighted by atomic mass is 10.2. The molecule has 0 aliphatic carbocycles. The second-order valence-corrected chi connectivity index (χ2v) is 1.66. The molecule has 0 N–H and O–H groups in total. The van der Waals surface area contributed by atoms with Crippen molar-refractivity contribution in [1.82, 2.24) is 0 Å². The van der Waals surface area contributed by atoms with Crippen LogP contribution in [0.5, 0.6) is 0 Å². The zero-order valence-corrected chi connectivity index (χ0v) is 4.54. The molecule has 0 radical (unpaired) electrons. The average molecular weight is 148 g/mol. The first-order valence-corrected chi connectivity index (χ1v) is 2.20. The first-order chi connectivity index (χ1) is 3.85. The summed E-state index contributed by atoms with van der Waals surface area (Å²) in [4.78, 5) is 0. The molecule has 0 aliphatic heterocycles. The summed E-state index contributed by atoms with van der Waals surface area (Å²) in [5.41, 5.74) is 0. The fraction of sp³-hybridized carbons (Fsp3) is 1.00. The zero-order valence-electron chi connectivity index (χ0n) is 4.54. The van der Waals surface area contributed by atoms with Crippen molar-refractivity contribution in [2.24, 2.45) is 5.92 Å². The molecule has 0 heterocycles. The highest BCUT2D eigenvalue weighted by Gasteiger charge is 2.41. The topological polar surface area (TPSA) is 0 Å². The van der Waals surface area contributed by atoms with E-state index in [4.69, 9.17) is 0 Å². The van der Waals surface area contributed by atoms with E-state index in [0.717, 1.165) is 0 Å². The van der Waals surface area contributed by atoms with Crippen LogP contribution in [0.4, 0.5) is 22.0 Å². The number of alkyl halides is 5. The van der Waals surface area contributed by atoms with Crippen molar-refractivity contribution in [1.29, 1.82) is 0 Å². The fourth-order valence-corrected chi connectivity index (χ4v) is 0.143. The molecule has 0 aromatic rings. The second-order valence-electron chi connectivity index (χ2n) is 1.66. The molecule has 0 bridgehead atoms. The smallest absolute Gasteiger partial charge is 0.210 e. The van der Waals surface area contributed by atoms with Crippen molar-refractivity contribution < 1.29 is 22.0 Å². The Balaban J connectivity index is 3.88. The largest absolute Gasteiger partial charge is 0.396 e. The summed E-state index contributed by atoms with van der Waals surface area (Å²) >= 11 is 0. The Morgan fingerprint density at radius 2 is 1.44 bits per heavy atom. The summed E-state index contributed by atoms with van der Waals surface area (Å²) in [7, 11) is 0. The van der Waals surface area contributed by atoms with Gasteiger partial charge in [-0.3, -0.25) is 0 Å². The summed E-state index contributed by atoms with van der Waals surface area (Å²) in [5.74, 6) is -2.52. The summed E-state index contributed by atoms with van der Waals surface area (Å²) in [5, 5.41) is 0. The van der Waals surface area contributed by atoms with Gasteiger partial charge in [0.05, 0.1) is 0 Å². The van der Waals surface area contributed by atoms with Gasteiger partial charge < -0.3 is 0 Å². The van der Waals surface area contributed by atoms with Gasteiger partial charge in [-0.2, -0.15) is 13.2 Å². The van der Waals surface area contributed by atoms with Crippen molar-refractivity contribution in [2.75, 3.05) is 0 Å². The minimum atomic E-state index is -4.77. The maximum atomic E-state index is 11.2. The summed E-state index contributed by atoms with van der Waals surface area (Å²) in [6.45, 7) is 0.449. The average Bonchev–Trinajstić information content (AvgIpc) is 1.62. The summed E-state index contributed by atoms with van der Waals surface area (Å²) in [6, 6.07) is 0. The highest BCUT2D eigenvalue weighted by atomic mass is 19.4. The van der Waals surface area contributed by atoms with Gasteiger partial charge >= 0.3 is 6.18 Å². The van der Waals surface area contributed by atoms with Crippen LogP contribution in [-0.2, 0) is 0 Å². The Kier molecular flexibility index (Phi) is 2.40. The van der Waals surface area contributed by atoms with E-state index >= 15 is 0 Å². The lowest BCUT2D eigenvalue weighted by Gasteiger charge is -2.13. The van der Waals surface area contributed by atoms with E-state index in [2.05, 4.69) is 0 Å². The van der Waals surface area contributed by atoms with Crippen LogP contribution in [0.25, 0.3) is 0 Å². The quantitative estimate of drug-likeness (QED) is 0.501. The lowest BCUT2D eigenvalue weighted by molar-refractivity contribution is -0.200. The van der Waals surface area contributed by atoms with Gasteiger partial charge in [0.15, 0.2) is 0 Å². The van der Waals surface area contributed by atoms with Crippen molar-refractivity contribution >= 4 is 0 Å². The summed E-state index contributed by atoms with van der Waals surface area (Å²) < 4.78 is 56.1. The molecule has 56 valence electrons. The molecule has 0 aromatic heterocycles. The van der Waals surface area contributed by atoms with Gasteiger partial charge in [0.1, 0.15) is 5.92 Å². The Labute approximate surface area is 48.7 Å². The molecule has 0 spiro atoms. The van der Waals surface area contributed by atoms with Gasteiger partial charge in [0.2, 0.25) is 6.43 Å². The highest BCUT2D eigenvalue weighted by Crippen LogP contribution is 2.29. The van der Waals surface area contributed by atoms with Crippen LogP contribution in [-0.4, -0.2) is 12.6 Å². The van der Waals surface area contributed by atoms with Crippen LogP contribution in [0, 0.1) is 5.92 Å². The second kappa shape index (κ2) is 2.49. The first-order valence-electron chi connectivity index (χ1n) is 2.20. The number of hydrogen-bond acceptors (Lipinski definition) is 0. The Hall–Kier alpha value is -0.350. The van der Waals surface area contributed by atoms with Crippen molar-refractivity contribution in [3.8, 4) is 0 Å². The minimum Gasteiger partial charge on any atom is -0.210 e. The van der Waals surface area contributed by atoms with Crippen molar-refractivity contribution in [3.63, 3.8) is 0 Å². The molecule has 5 heteroatoms. The van der Waals surface area contributed by atoms with Gasteiger partial charge in [-0.25, -0.2) is 8.78 Å². The standard InChI is InChI=1S/C4H5F5/c1-2(3(5)6)4(7,8)9/h2-3H,1H3/t2-/m0/s1. The Morgan fingerprint density at radius 1 is 1.11 bits per heavy atom. The molecule has 0 rings (SSSR count). The van der Waals surface area contributed by atoms with E-state index in [1.807, 2.05) is 0 Å². The molecule has 0 saturated heterocycles. The molecule has 9 heavy (non-hydrogen) atoms. The molecule has 0 unspecified atom stereocenters. The molecule has 0 fully saturated rings. The van der Waals surface area contributed by atoms with Crippen molar-refractivity contribution in [2.45, 2.75) is 19.5 Å². The number of hydrogen-bond donors (Lipinski definition) is 0. The van der Waals surface area contributed by atoms with Gasteiger partial charge in [0, 0.05) is 0 Å². The van der Waals surface area contributed by atoms with Crippen LogP contribution in [0.1, 0.15) is 6.92 Å². The van der Waals surface area contributed by atoms with Gasteiger partial charge in [0.25, 0.3) is 0 Å². The van der Waals surface area contributed by atoms with Crippen LogP contribution >= 0.6 is 0 Å². The van der Waals surface area contributed by atoms with Gasteiger partial charge in [-0.15, -0.1) is 0 Å². The molecular weight excluding hydrogens is 143 g/mol. The number of rotatable bonds is 1. The maximum absolute atomic E-state index is 11.2. The molecule has 0 amide bonds. The maximum Gasteiger partial charge on any atom is 0.396 e. The van der Waals surface area contributed by atoms with E-state index < -0.39 is 18.5 Å². The van der Waals surface area contributed by atoms with E-state index in [-0.39, 0.29) is 0 Å². The molecule has 0 saturated carbocycles. The molecular formula is C4H5F5. The third-order valence-electron chi connectivity index (χ3n) is 0.894. The normalized spacial score (nSPS) is 16.3. The van der Waals surface area contributed by atoms with Crippen LogP contribution in [0.2, 0.25) is 0 Å². The third kappa shape index (κ3) is 2.62. The van der Waals surface area contributed by atoms with Gasteiger partial charge in [-0.05, 0) is 6.92 Å². The predicted octanol–water partition coefficient (Wildman–Crippen LogP) is 2.45. The molecule has 1 atom stereocenters. The van der Waals surface area contributed by atoms with Crippen LogP contribution in [0.3, 0.4) is 0 Å². The Bertz CT molecular complexity index is 83.4. The minimum absolute atomic E-state index is 0.449. The van der Waals surface area contributed by atoms with Gasteiger partial charge in [-0.1, -0.05) is 0 Å². The first kappa shape index (κ1) is 8.65. The predicted molar refractivity (Wildman–Crippen MR) is 21.2 cm³/mol. The zero-order chi connectivity index (χ0) is 7.65. The van der Waals surface area contributed by atoms with Crippen LogP contribution < -0.4 is 0 Å². The SMILES string of the molecule is C[C@@H](C(F)F)C(F)(F)F. The molecule has 0 aliphatic rings. The monoisotopic (exact) mass is 148 g/mol. The van der Waals surface area contributed by atoms with Crippen molar-refractivity contribution in [3.05, 3.63) is 0 Å². The highest BCUT2D eigenvalue weighted by molar-refractivity contribution is 4.63. The molecule has 0 nitrogen and oxygen atoms in total. The summed E-state index contributed by atoms with van der Waals surface area (Å²) in [6.07, 6.45) is -8.08.